The Morgan fingerprint density at radius 2 is 1.68 bits per heavy atom. The van der Waals surface area contributed by atoms with Crippen LogP contribution in [0.1, 0.15) is 18.1 Å². The second-order valence-electron chi connectivity index (χ2n) is 4.82. The average Bonchev–Trinajstić information content (AvgIpc) is 2.82. The summed E-state index contributed by atoms with van der Waals surface area (Å²) in [6.45, 7) is 2.97. The Morgan fingerprint density at radius 1 is 0.947 bits per heavy atom. The largest absolute Gasteiger partial charge is 0.343 e. The minimum absolute atomic E-state index is 0.183. The van der Waals surface area contributed by atoms with Crippen molar-refractivity contribution < 1.29 is 4.39 Å². The zero-order chi connectivity index (χ0) is 13.2. The third kappa shape index (κ3) is 2.39. The maximum Gasteiger partial charge on any atom is 0.123 e. The minimum atomic E-state index is -0.183. The van der Waals surface area contributed by atoms with Crippen molar-refractivity contribution in [3.8, 4) is 0 Å². The highest BCUT2D eigenvalue weighted by Gasteiger charge is 2.03. The van der Waals surface area contributed by atoms with Gasteiger partial charge in [0.15, 0.2) is 0 Å². The molecule has 96 valence electrons. The first-order valence-electron chi connectivity index (χ1n) is 6.58. The van der Waals surface area contributed by atoms with E-state index in [4.69, 9.17) is 0 Å². The zero-order valence-corrected chi connectivity index (χ0v) is 10.9. The molecular formula is C17H16FN. The Balaban J connectivity index is 1.92. The van der Waals surface area contributed by atoms with Crippen LogP contribution in [-0.2, 0) is 13.0 Å². The van der Waals surface area contributed by atoms with E-state index in [0.29, 0.717) is 0 Å². The molecule has 0 bridgehead atoms. The molecule has 1 nitrogen and oxygen atoms in total. The molecule has 0 saturated heterocycles. The van der Waals surface area contributed by atoms with Crippen LogP contribution in [0.15, 0.2) is 54.7 Å². The monoisotopic (exact) mass is 253 g/mol. The van der Waals surface area contributed by atoms with Crippen molar-refractivity contribution in [2.24, 2.45) is 0 Å². The maximum atomic E-state index is 13.1. The standard InChI is InChI=1S/C17H16FN/c1-2-13-3-5-14(6-4-13)12-19-10-9-15-11-16(18)7-8-17(15)19/h3-11H,2,12H2,1H3. The van der Waals surface area contributed by atoms with Gasteiger partial charge in [0, 0.05) is 23.6 Å². The van der Waals surface area contributed by atoms with Crippen LogP contribution in [0.25, 0.3) is 10.9 Å². The third-order valence-electron chi connectivity index (χ3n) is 3.52. The molecule has 0 aliphatic carbocycles. The molecule has 1 aromatic heterocycles. The number of nitrogens with zero attached hydrogens (tertiary/aromatic N) is 1. The summed E-state index contributed by atoms with van der Waals surface area (Å²) in [5, 5.41) is 0.949. The number of aromatic nitrogens is 1. The Kier molecular flexibility index (Phi) is 3.08. The molecule has 0 amide bonds. The summed E-state index contributed by atoms with van der Waals surface area (Å²) in [7, 11) is 0. The number of fused-ring (bicyclic) bond motifs is 1. The van der Waals surface area contributed by atoms with Crippen molar-refractivity contribution in [3.63, 3.8) is 0 Å². The number of aryl methyl sites for hydroxylation is 1. The number of hydrogen-bond acceptors (Lipinski definition) is 0. The number of halogens is 1. The van der Waals surface area contributed by atoms with Crippen molar-refractivity contribution in [3.05, 3.63) is 71.7 Å². The van der Waals surface area contributed by atoms with Crippen LogP contribution >= 0.6 is 0 Å². The molecule has 0 radical (unpaired) electrons. The van der Waals surface area contributed by atoms with Crippen LogP contribution in [0.2, 0.25) is 0 Å². The van der Waals surface area contributed by atoms with Crippen LogP contribution in [-0.4, -0.2) is 4.57 Å². The van der Waals surface area contributed by atoms with Gasteiger partial charge < -0.3 is 4.57 Å². The fourth-order valence-corrected chi connectivity index (χ4v) is 2.39. The molecule has 0 aliphatic heterocycles. The second-order valence-corrected chi connectivity index (χ2v) is 4.82. The smallest absolute Gasteiger partial charge is 0.123 e. The number of benzene rings is 2. The topological polar surface area (TPSA) is 4.93 Å². The Morgan fingerprint density at radius 3 is 2.42 bits per heavy atom. The summed E-state index contributed by atoms with van der Waals surface area (Å²) in [5.41, 5.74) is 3.68. The molecule has 0 saturated carbocycles. The van der Waals surface area contributed by atoms with E-state index in [0.717, 1.165) is 23.9 Å². The average molecular weight is 253 g/mol. The van der Waals surface area contributed by atoms with Gasteiger partial charge in [0.2, 0.25) is 0 Å². The predicted molar refractivity (Wildman–Crippen MR) is 76.8 cm³/mol. The highest BCUT2D eigenvalue weighted by molar-refractivity contribution is 5.80. The highest BCUT2D eigenvalue weighted by atomic mass is 19.1. The summed E-state index contributed by atoms with van der Waals surface area (Å²) >= 11 is 0. The Hall–Kier alpha value is -2.09. The first kappa shape index (κ1) is 12.0. The van der Waals surface area contributed by atoms with Crippen LogP contribution < -0.4 is 0 Å². The lowest BCUT2D eigenvalue weighted by molar-refractivity contribution is 0.629. The molecule has 2 heteroatoms. The number of hydrogen-bond donors (Lipinski definition) is 0. The molecule has 0 aliphatic rings. The van der Waals surface area contributed by atoms with Gasteiger partial charge in [0.1, 0.15) is 5.82 Å². The quantitative estimate of drug-likeness (QED) is 0.652. The van der Waals surface area contributed by atoms with Gasteiger partial charge in [-0.1, -0.05) is 31.2 Å². The lowest BCUT2D eigenvalue weighted by Crippen LogP contribution is -1.97. The summed E-state index contributed by atoms with van der Waals surface area (Å²) in [5.74, 6) is -0.183. The summed E-state index contributed by atoms with van der Waals surface area (Å²) in [4.78, 5) is 0. The van der Waals surface area contributed by atoms with E-state index in [1.165, 1.54) is 17.2 Å². The molecule has 1 heterocycles. The van der Waals surface area contributed by atoms with E-state index in [1.807, 2.05) is 18.3 Å². The maximum absolute atomic E-state index is 13.1. The molecule has 0 spiro atoms. The fourth-order valence-electron chi connectivity index (χ4n) is 2.39. The summed E-state index contributed by atoms with van der Waals surface area (Å²) < 4.78 is 15.3. The molecular weight excluding hydrogens is 237 g/mol. The van der Waals surface area contributed by atoms with Gasteiger partial charge in [-0.2, -0.15) is 0 Å². The zero-order valence-electron chi connectivity index (χ0n) is 10.9. The third-order valence-corrected chi connectivity index (χ3v) is 3.52. The van der Waals surface area contributed by atoms with Gasteiger partial charge in [-0.05, 0) is 41.8 Å². The Bertz CT molecular complexity index is 695. The van der Waals surface area contributed by atoms with E-state index in [9.17, 15) is 4.39 Å². The second kappa shape index (κ2) is 4.88. The van der Waals surface area contributed by atoms with Crippen molar-refractivity contribution in [2.45, 2.75) is 19.9 Å². The van der Waals surface area contributed by atoms with Crippen molar-refractivity contribution in [1.82, 2.24) is 4.57 Å². The predicted octanol–water partition coefficient (Wildman–Crippen LogP) is 4.39. The van der Waals surface area contributed by atoms with E-state index in [1.54, 1.807) is 6.07 Å². The lowest BCUT2D eigenvalue weighted by Gasteiger charge is -2.06. The number of rotatable bonds is 3. The summed E-state index contributed by atoms with van der Waals surface area (Å²) in [6, 6.07) is 15.5. The van der Waals surface area contributed by atoms with E-state index >= 15 is 0 Å². The van der Waals surface area contributed by atoms with Crippen LogP contribution in [0.4, 0.5) is 4.39 Å². The van der Waals surface area contributed by atoms with Crippen molar-refractivity contribution in [1.29, 1.82) is 0 Å². The van der Waals surface area contributed by atoms with Gasteiger partial charge in [-0.25, -0.2) is 4.39 Å². The molecule has 0 atom stereocenters. The molecule has 3 aromatic rings. The summed E-state index contributed by atoms with van der Waals surface area (Å²) in [6.07, 6.45) is 3.07. The molecule has 0 fully saturated rings. The molecule has 3 rings (SSSR count). The van der Waals surface area contributed by atoms with Gasteiger partial charge in [0.05, 0.1) is 0 Å². The van der Waals surface area contributed by atoms with E-state index < -0.39 is 0 Å². The minimum Gasteiger partial charge on any atom is -0.343 e. The first-order chi connectivity index (χ1) is 9.26. The van der Waals surface area contributed by atoms with E-state index in [2.05, 4.69) is 35.8 Å². The van der Waals surface area contributed by atoms with Gasteiger partial charge in [0.25, 0.3) is 0 Å². The lowest BCUT2D eigenvalue weighted by atomic mass is 10.1. The fraction of sp³-hybridized carbons (Fsp3) is 0.176. The molecule has 0 N–H and O–H groups in total. The van der Waals surface area contributed by atoms with E-state index in [-0.39, 0.29) is 5.82 Å². The normalized spacial score (nSPS) is 11.1. The van der Waals surface area contributed by atoms with Crippen molar-refractivity contribution in [2.75, 3.05) is 0 Å². The van der Waals surface area contributed by atoms with Crippen molar-refractivity contribution >= 4 is 10.9 Å². The van der Waals surface area contributed by atoms with Crippen LogP contribution in [0, 0.1) is 5.82 Å². The van der Waals surface area contributed by atoms with Gasteiger partial charge in [-0.3, -0.25) is 0 Å². The van der Waals surface area contributed by atoms with Crippen LogP contribution in [0.3, 0.4) is 0 Å². The highest BCUT2D eigenvalue weighted by Crippen LogP contribution is 2.18. The van der Waals surface area contributed by atoms with Gasteiger partial charge >= 0.3 is 0 Å². The molecule has 19 heavy (non-hydrogen) atoms. The van der Waals surface area contributed by atoms with Gasteiger partial charge in [-0.15, -0.1) is 0 Å². The first-order valence-corrected chi connectivity index (χ1v) is 6.58. The van der Waals surface area contributed by atoms with Crippen LogP contribution in [0.5, 0.6) is 0 Å². The Labute approximate surface area is 112 Å². The SMILES string of the molecule is CCc1ccc(Cn2ccc3cc(F)ccc32)cc1. The molecule has 0 unspecified atom stereocenters. The molecule has 2 aromatic carbocycles.